The highest BCUT2D eigenvalue weighted by Crippen LogP contribution is 2.10. The standard InChI is InChI=1S/C24H42N2O6/c1-2-3-4-12-17-26-24(29)32-20-19-31-23(28)16-11-8-10-15-22(27)14-9-6-5-7-13-18-30-21-25/h2-20H2,1H3,(H,26,29). The van der Waals surface area contributed by atoms with Crippen LogP contribution in [-0.4, -0.2) is 44.2 Å². The Hall–Kier alpha value is -2.30. The Balaban J connectivity index is 3.40. The van der Waals surface area contributed by atoms with Gasteiger partial charge in [-0.2, -0.15) is 5.26 Å². The molecule has 0 aliphatic rings. The van der Waals surface area contributed by atoms with Crippen molar-refractivity contribution in [3.8, 4) is 6.26 Å². The van der Waals surface area contributed by atoms with Crippen molar-refractivity contribution >= 4 is 17.8 Å². The summed E-state index contributed by atoms with van der Waals surface area (Å²) in [6, 6.07) is 0. The summed E-state index contributed by atoms with van der Waals surface area (Å²) in [4.78, 5) is 35.0. The third-order valence-electron chi connectivity index (χ3n) is 4.98. The van der Waals surface area contributed by atoms with Gasteiger partial charge in [-0.05, 0) is 32.1 Å². The lowest BCUT2D eigenvalue weighted by Crippen LogP contribution is -2.26. The molecule has 32 heavy (non-hydrogen) atoms. The summed E-state index contributed by atoms with van der Waals surface area (Å²) in [6.07, 6.45) is 14.2. The molecule has 0 atom stereocenters. The molecule has 0 radical (unpaired) electrons. The van der Waals surface area contributed by atoms with E-state index in [1.54, 1.807) is 6.26 Å². The van der Waals surface area contributed by atoms with Crippen LogP contribution in [0.25, 0.3) is 0 Å². The Bertz CT molecular complexity index is 533. The maximum atomic E-state index is 11.9. The van der Waals surface area contributed by atoms with E-state index in [-0.39, 0.29) is 25.0 Å². The van der Waals surface area contributed by atoms with E-state index in [9.17, 15) is 14.4 Å². The summed E-state index contributed by atoms with van der Waals surface area (Å²) in [6.45, 7) is 3.32. The van der Waals surface area contributed by atoms with E-state index >= 15 is 0 Å². The van der Waals surface area contributed by atoms with Gasteiger partial charge in [-0.25, -0.2) is 4.79 Å². The van der Waals surface area contributed by atoms with E-state index in [4.69, 9.17) is 14.7 Å². The van der Waals surface area contributed by atoms with Crippen molar-refractivity contribution in [1.82, 2.24) is 5.32 Å². The molecule has 0 aromatic carbocycles. The molecule has 0 aliphatic carbocycles. The second kappa shape index (κ2) is 23.4. The molecule has 0 unspecified atom stereocenters. The van der Waals surface area contributed by atoms with Gasteiger partial charge in [-0.3, -0.25) is 9.59 Å². The number of hydrogen-bond acceptors (Lipinski definition) is 7. The van der Waals surface area contributed by atoms with Crippen LogP contribution in [0.5, 0.6) is 0 Å². The summed E-state index contributed by atoms with van der Waals surface area (Å²) < 4.78 is 14.6. The molecule has 0 aromatic rings. The van der Waals surface area contributed by atoms with Gasteiger partial charge in [-0.1, -0.05) is 51.9 Å². The molecular weight excluding hydrogens is 412 g/mol. The van der Waals surface area contributed by atoms with E-state index < -0.39 is 6.09 Å². The van der Waals surface area contributed by atoms with Gasteiger partial charge in [-0.15, -0.1) is 0 Å². The van der Waals surface area contributed by atoms with Crippen LogP contribution < -0.4 is 5.32 Å². The number of ether oxygens (including phenoxy) is 3. The summed E-state index contributed by atoms with van der Waals surface area (Å²) >= 11 is 0. The van der Waals surface area contributed by atoms with Crippen LogP contribution >= 0.6 is 0 Å². The summed E-state index contributed by atoms with van der Waals surface area (Å²) in [5, 5.41) is 10.9. The molecule has 0 heterocycles. The van der Waals surface area contributed by atoms with Crippen molar-refractivity contribution in [3.63, 3.8) is 0 Å². The molecule has 8 nitrogen and oxygen atoms in total. The fraction of sp³-hybridized carbons (Fsp3) is 0.833. The van der Waals surface area contributed by atoms with E-state index in [1.807, 2.05) is 0 Å². The van der Waals surface area contributed by atoms with Crippen LogP contribution in [0, 0.1) is 11.5 Å². The minimum atomic E-state index is -0.479. The van der Waals surface area contributed by atoms with Crippen LogP contribution in [0.4, 0.5) is 4.79 Å². The topological polar surface area (TPSA) is 115 Å². The Morgan fingerprint density at radius 2 is 1.31 bits per heavy atom. The highest BCUT2D eigenvalue weighted by molar-refractivity contribution is 5.78. The van der Waals surface area contributed by atoms with Crippen LogP contribution in [0.1, 0.15) is 103 Å². The zero-order chi connectivity index (χ0) is 23.7. The van der Waals surface area contributed by atoms with Crippen molar-refractivity contribution in [2.24, 2.45) is 0 Å². The molecule has 1 N–H and O–H groups in total. The fourth-order valence-corrected chi connectivity index (χ4v) is 3.12. The average Bonchev–Trinajstić information content (AvgIpc) is 2.78. The number of nitrogens with zero attached hydrogens (tertiary/aromatic N) is 1. The highest BCUT2D eigenvalue weighted by Gasteiger charge is 2.06. The minimum absolute atomic E-state index is 0.0503. The lowest BCUT2D eigenvalue weighted by Gasteiger charge is -2.08. The number of Topliss-reactive ketones (excluding diaryl/α,β-unsaturated/α-hetero) is 1. The quantitative estimate of drug-likeness (QED) is 0.136. The first-order valence-electron chi connectivity index (χ1n) is 12.2. The van der Waals surface area contributed by atoms with Crippen LogP contribution in [-0.2, 0) is 23.8 Å². The van der Waals surface area contributed by atoms with Crippen molar-refractivity contribution in [2.75, 3.05) is 26.4 Å². The summed E-state index contributed by atoms with van der Waals surface area (Å²) in [5.74, 6) is -0.0266. The highest BCUT2D eigenvalue weighted by atomic mass is 16.6. The van der Waals surface area contributed by atoms with Gasteiger partial charge in [0, 0.05) is 25.8 Å². The Kier molecular flexibility index (Phi) is 21.7. The van der Waals surface area contributed by atoms with Crippen LogP contribution in [0.15, 0.2) is 0 Å². The molecule has 0 aliphatic heterocycles. The molecule has 0 spiro atoms. The van der Waals surface area contributed by atoms with Gasteiger partial charge in [0.05, 0.1) is 0 Å². The average molecular weight is 455 g/mol. The van der Waals surface area contributed by atoms with Gasteiger partial charge in [0.15, 0.2) is 0 Å². The molecule has 0 saturated carbocycles. The van der Waals surface area contributed by atoms with Crippen LogP contribution in [0.2, 0.25) is 0 Å². The lowest BCUT2D eigenvalue weighted by molar-refractivity contribution is -0.144. The van der Waals surface area contributed by atoms with E-state index in [1.165, 1.54) is 0 Å². The third-order valence-corrected chi connectivity index (χ3v) is 4.98. The fourth-order valence-electron chi connectivity index (χ4n) is 3.12. The van der Waals surface area contributed by atoms with E-state index in [2.05, 4.69) is 17.0 Å². The maximum Gasteiger partial charge on any atom is 0.407 e. The number of nitrogens with one attached hydrogen (secondary N) is 1. The number of hydrogen-bond donors (Lipinski definition) is 1. The molecule has 0 saturated heterocycles. The summed E-state index contributed by atoms with van der Waals surface area (Å²) in [7, 11) is 0. The monoisotopic (exact) mass is 454 g/mol. The first-order chi connectivity index (χ1) is 15.6. The number of nitriles is 1. The van der Waals surface area contributed by atoms with Crippen molar-refractivity contribution in [1.29, 1.82) is 5.26 Å². The van der Waals surface area contributed by atoms with Crippen LogP contribution in [0.3, 0.4) is 0 Å². The molecular formula is C24H42N2O6. The van der Waals surface area contributed by atoms with E-state index in [0.717, 1.165) is 70.6 Å². The Morgan fingerprint density at radius 1 is 0.719 bits per heavy atom. The van der Waals surface area contributed by atoms with Gasteiger partial charge < -0.3 is 19.5 Å². The first-order valence-corrected chi connectivity index (χ1v) is 12.2. The van der Waals surface area contributed by atoms with Gasteiger partial charge in [0.1, 0.15) is 25.6 Å². The molecule has 0 fully saturated rings. The predicted molar refractivity (Wildman–Crippen MR) is 122 cm³/mol. The number of carbonyl (C=O) groups is 3. The molecule has 184 valence electrons. The van der Waals surface area contributed by atoms with Crippen molar-refractivity contribution in [3.05, 3.63) is 0 Å². The minimum Gasteiger partial charge on any atom is -0.462 e. The predicted octanol–water partition coefficient (Wildman–Crippen LogP) is 5.19. The molecule has 1 amide bonds. The number of rotatable bonds is 22. The first kappa shape index (κ1) is 29.7. The number of amides is 1. The van der Waals surface area contributed by atoms with Gasteiger partial charge in [0.25, 0.3) is 6.26 Å². The number of ketones is 1. The Morgan fingerprint density at radius 3 is 2.03 bits per heavy atom. The summed E-state index contributed by atoms with van der Waals surface area (Å²) in [5.41, 5.74) is 0. The van der Waals surface area contributed by atoms with Gasteiger partial charge >= 0.3 is 12.1 Å². The largest absolute Gasteiger partial charge is 0.462 e. The molecule has 0 rings (SSSR count). The lowest BCUT2D eigenvalue weighted by atomic mass is 10.0. The zero-order valence-corrected chi connectivity index (χ0v) is 19.8. The third kappa shape index (κ3) is 22.4. The second-order valence-corrected chi connectivity index (χ2v) is 7.90. The molecule has 8 heteroatoms. The zero-order valence-electron chi connectivity index (χ0n) is 19.8. The number of alkyl carbamates (subject to hydrolysis) is 1. The number of carbonyl (C=O) groups excluding carboxylic acids is 3. The van der Waals surface area contributed by atoms with Gasteiger partial charge in [0.2, 0.25) is 0 Å². The van der Waals surface area contributed by atoms with Crippen molar-refractivity contribution < 1.29 is 28.6 Å². The molecule has 0 aromatic heterocycles. The second-order valence-electron chi connectivity index (χ2n) is 7.90. The maximum absolute atomic E-state index is 11.9. The SMILES string of the molecule is CCCCCCNC(=O)OCCOC(=O)CCCCCC(=O)CCCCCCCOC#N. The number of esters is 1. The molecule has 0 bridgehead atoms. The van der Waals surface area contributed by atoms with Crippen molar-refractivity contribution in [2.45, 2.75) is 103 Å². The van der Waals surface area contributed by atoms with E-state index in [0.29, 0.717) is 38.8 Å². The number of unbranched alkanes of at least 4 members (excludes halogenated alkanes) is 9. The Labute approximate surface area is 193 Å². The smallest absolute Gasteiger partial charge is 0.407 e. The normalized spacial score (nSPS) is 10.2.